The normalized spacial score (nSPS) is 7.00. The van der Waals surface area contributed by atoms with Crippen molar-refractivity contribution >= 4 is 23.7 Å². The first-order chi connectivity index (χ1) is 2.41. The summed E-state index contributed by atoms with van der Waals surface area (Å²) in [7, 11) is 0. The Morgan fingerprint density at radius 3 is 1.33 bits per heavy atom. The van der Waals surface area contributed by atoms with Crippen LogP contribution in [-0.2, 0) is 32.5 Å². The fraction of sp³-hybridized carbons (Fsp3) is 0. The molecule has 0 spiro atoms. The first kappa shape index (κ1) is 10.1. The fourth-order valence-electron chi connectivity index (χ4n) is 0.00972. The van der Waals surface area contributed by atoms with E-state index in [0.717, 1.165) is 0 Å². The Morgan fingerprint density at radius 1 is 1.00 bits per heavy atom. The standard InChI is InChI=1S/Cl2O3.V/c1-3-5-4-2;. The zero-order valence-electron chi connectivity index (χ0n) is 2.43. The van der Waals surface area contributed by atoms with E-state index in [0.29, 0.717) is 0 Å². The number of hydrogen-bond donors (Lipinski definition) is 0. The fourth-order valence-corrected chi connectivity index (χ4v) is 0.0875. The van der Waals surface area contributed by atoms with Crippen molar-refractivity contribution in [2.45, 2.75) is 0 Å². The van der Waals surface area contributed by atoms with Gasteiger partial charge in [-0.2, -0.15) is 0 Å². The van der Waals surface area contributed by atoms with Crippen LogP contribution in [0.2, 0.25) is 0 Å². The molecule has 0 aliphatic carbocycles. The maximum atomic E-state index is 4.37. The van der Waals surface area contributed by atoms with Crippen molar-refractivity contribution < 1.29 is 32.5 Å². The Bertz CT molecular complexity index is 16.3. The maximum Gasteiger partial charge on any atom is 0.103 e. The van der Waals surface area contributed by atoms with Crippen LogP contribution in [0.5, 0.6) is 0 Å². The SMILES string of the molecule is ClOOOCl.[V]. The Kier molecular flexibility index (Phi) is 15.9. The van der Waals surface area contributed by atoms with Gasteiger partial charge in [0.2, 0.25) is 0 Å². The van der Waals surface area contributed by atoms with Crippen LogP contribution in [0.15, 0.2) is 0 Å². The molecule has 0 aliphatic heterocycles. The molecule has 0 bridgehead atoms. The molecular formula is Cl2O3V. The van der Waals surface area contributed by atoms with E-state index < -0.39 is 0 Å². The monoisotopic (exact) mass is 169 g/mol. The van der Waals surface area contributed by atoms with Gasteiger partial charge >= 0.3 is 0 Å². The average molecular weight is 170 g/mol. The average Bonchev–Trinajstić information content (AvgIpc) is 1.41. The molecule has 37 valence electrons. The van der Waals surface area contributed by atoms with E-state index in [2.05, 4.69) is 37.7 Å². The summed E-state index contributed by atoms with van der Waals surface area (Å²) in [6.07, 6.45) is 0. The van der Waals surface area contributed by atoms with Gasteiger partial charge in [-0.25, -0.2) is 0 Å². The van der Waals surface area contributed by atoms with Crippen LogP contribution >= 0.6 is 23.7 Å². The first-order valence-corrected chi connectivity index (χ1v) is 1.26. The zero-order valence-corrected chi connectivity index (χ0v) is 5.34. The van der Waals surface area contributed by atoms with Crippen LogP contribution in [0, 0.1) is 0 Å². The smallest absolute Gasteiger partial charge is 0.0879 e. The van der Waals surface area contributed by atoms with Gasteiger partial charge in [0.25, 0.3) is 0 Å². The van der Waals surface area contributed by atoms with E-state index >= 15 is 0 Å². The summed E-state index contributed by atoms with van der Waals surface area (Å²) in [4.78, 5) is 0. The zero-order chi connectivity index (χ0) is 4.12. The minimum atomic E-state index is 0. The Hall–Kier alpha value is 1.04. The molecule has 0 aromatic carbocycles. The third kappa shape index (κ3) is 8.90. The predicted octanol–water partition coefficient (Wildman–Crippen LogP) is 1.17. The van der Waals surface area contributed by atoms with Gasteiger partial charge in [0, 0.05) is 18.6 Å². The summed E-state index contributed by atoms with van der Waals surface area (Å²) >= 11 is 8.74. The largest absolute Gasteiger partial charge is 0.103 e. The van der Waals surface area contributed by atoms with Crippen molar-refractivity contribution in [2.75, 3.05) is 0 Å². The summed E-state index contributed by atoms with van der Waals surface area (Å²) in [6, 6.07) is 0. The van der Waals surface area contributed by atoms with Gasteiger partial charge in [-0.3, -0.25) is 0 Å². The molecule has 0 aliphatic rings. The Labute approximate surface area is 56.5 Å². The van der Waals surface area contributed by atoms with E-state index in [4.69, 9.17) is 0 Å². The van der Waals surface area contributed by atoms with Crippen molar-refractivity contribution in [1.29, 1.82) is 0 Å². The van der Waals surface area contributed by atoms with Crippen LogP contribution in [0.4, 0.5) is 0 Å². The molecule has 0 heterocycles. The summed E-state index contributed by atoms with van der Waals surface area (Å²) < 4.78 is 6.62. The van der Waals surface area contributed by atoms with Crippen LogP contribution < -0.4 is 0 Å². The van der Waals surface area contributed by atoms with E-state index in [-0.39, 0.29) is 18.6 Å². The number of rotatable bonds is 2. The summed E-state index contributed by atoms with van der Waals surface area (Å²) in [5, 5.41) is 3.36. The Morgan fingerprint density at radius 2 is 1.33 bits per heavy atom. The van der Waals surface area contributed by atoms with E-state index in [1.54, 1.807) is 0 Å². The summed E-state index contributed by atoms with van der Waals surface area (Å²) in [6.45, 7) is 0. The minimum Gasteiger partial charge on any atom is -0.0879 e. The third-order valence-corrected chi connectivity index (χ3v) is 0.154. The van der Waals surface area contributed by atoms with Crippen molar-refractivity contribution in [3.8, 4) is 0 Å². The molecule has 0 saturated carbocycles. The van der Waals surface area contributed by atoms with E-state index in [9.17, 15) is 0 Å². The van der Waals surface area contributed by atoms with Crippen LogP contribution in [0.1, 0.15) is 0 Å². The van der Waals surface area contributed by atoms with Gasteiger partial charge in [-0.1, -0.05) is 8.88 Å². The van der Waals surface area contributed by atoms with E-state index in [1.165, 1.54) is 0 Å². The quantitative estimate of drug-likeness (QED) is 0.459. The number of hydrogen-bond acceptors (Lipinski definition) is 3. The molecule has 1 radical (unpaired) electrons. The number of halogens is 2. The van der Waals surface area contributed by atoms with Gasteiger partial charge in [-0.15, -0.1) is 0 Å². The van der Waals surface area contributed by atoms with Gasteiger partial charge in [0.1, 0.15) is 23.7 Å². The topological polar surface area (TPSA) is 27.7 Å². The van der Waals surface area contributed by atoms with Crippen molar-refractivity contribution in [3.63, 3.8) is 0 Å². The molecule has 0 atom stereocenters. The molecule has 6 heteroatoms. The molecule has 0 fully saturated rings. The molecule has 6 heavy (non-hydrogen) atoms. The van der Waals surface area contributed by atoms with Crippen LogP contribution in [0.3, 0.4) is 0 Å². The van der Waals surface area contributed by atoms with Crippen LogP contribution in [-0.4, -0.2) is 0 Å². The van der Waals surface area contributed by atoms with E-state index in [1.807, 2.05) is 0 Å². The van der Waals surface area contributed by atoms with Gasteiger partial charge in [0.05, 0.1) is 0 Å². The van der Waals surface area contributed by atoms with Gasteiger partial charge in [0.15, 0.2) is 0 Å². The van der Waals surface area contributed by atoms with Crippen LogP contribution in [0.25, 0.3) is 0 Å². The predicted molar refractivity (Wildman–Crippen MR) is 15.0 cm³/mol. The second-order valence-corrected chi connectivity index (χ2v) is 0.446. The second-order valence-electron chi connectivity index (χ2n) is 0.194. The summed E-state index contributed by atoms with van der Waals surface area (Å²) in [5.41, 5.74) is 0. The molecule has 0 amide bonds. The van der Waals surface area contributed by atoms with Gasteiger partial charge in [-0.05, 0) is 5.04 Å². The van der Waals surface area contributed by atoms with Crippen molar-refractivity contribution in [2.24, 2.45) is 0 Å². The Balaban J connectivity index is 0. The first-order valence-electron chi connectivity index (χ1n) is 0.642. The second kappa shape index (κ2) is 9.40. The molecular weight excluding hydrogens is 170 g/mol. The molecule has 0 aromatic heterocycles. The molecule has 0 rings (SSSR count). The molecule has 0 unspecified atom stereocenters. The molecule has 0 saturated heterocycles. The minimum absolute atomic E-state index is 0. The molecule has 0 aromatic rings. The molecule has 0 N–H and O–H groups in total. The van der Waals surface area contributed by atoms with Gasteiger partial charge < -0.3 is 0 Å². The summed E-state index contributed by atoms with van der Waals surface area (Å²) in [5.74, 6) is 0. The van der Waals surface area contributed by atoms with Crippen molar-refractivity contribution in [1.82, 2.24) is 0 Å². The van der Waals surface area contributed by atoms with Crippen molar-refractivity contribution in [3.05, 3.63) is 0 Å². The third-order valence-electron chi connectivity index (χ3n) is 0.0514. The molecule has 3 nitrogen and oxygen atoms in total. The maximum absolute atomic E-state index is 4.37.